The number of aromatic nitrogens is 1. The lowest BCUT2D eigenvalue weighted by Crippen LogP contribution is -2.37. The molecule has 0 aliphatic heterocycles. The van der Waals surface area contributed by atoms with E-state index in [4.69, 9.17) is 9.47 Å². The van der Waals surface area contributed by atoms with Crippen molar-refractivity contribution in [3.8, 4) is 0 Å². The first-order valence-corrected chi connectivity index (χ1v) is 7.60. The second-order valence-corrected chi connectivity index (χ2v) is 6.32. The number of ketones is 2. The monoisotopic (exact) mass is 337 g/mol. The molecule has 0 aliphatic carbocycles. The lowest BCUT2D eigenvalue weighted by Gasteiger charge is -2.22. The molecule has 1 aromatic rings. The van der Waals surface area contributed by atoms with Gasteiger partial charge < -0.3 is 14.0 Å². The molecular weight excluding hydrogens is 314 g/mol. The summed E-state index contributed by atoms with van der Waals surface area (Å²) in [6.07, 6.45) is 0. The molecule has 0 aliphatic rings. The van der Waals surface area contributed by atoms with E-state index in [9.17, 15) is 19.2 Å². The first-order valence-electron chi connectivity index (χ1n) is 7.60. The van der Waals surface area contributed by atoms with Crippen molar-refractivity contribution >= 4 is 23.5 Å². The highest BCUT2D eigenvalue weighted by molar-refractivity contribution is 6.21. The van der Waals surface area contributed by atoms with E-state index in [-0.39, 0.29) is 18.0 Å². The van der Waals surface area contributed by atoms with Gasteiger partial charge in [0.25, 0.3) is 0 Å². The Morgan fingerprint density at radius 3 is 2.12 bits per heavy atom. The average molecular weight is 337 g/mol. The van der Waals surface area contributed by atoms with E-state index in [0.29, 0.717) is 0 Å². The van der Waals surface area contributed by atoms with Gasteiger partial charge in [0.1, 0.15) is 11.3 Å². The van der Waals surface area contributed by atoms with Crippen molar-refractivity contribution in [1.29, 1.82) is 0 Å². The van der Waals surface area contributed by atoms with Crippen LogP contribution in [0, 0.1) is 5.92 Å². The maximum absolute atomic E-state index is 12.6. The molecule has 0 N–H and O–H groups in total. The van der Waals surface area contributed by atoms with Crippen LogP contribution < -0.4 is 0 Å². The highest BCUT2D eigenvalue weighted by atomic mass is 16.6. The molecule has 1 heterocycles. The molecule has 24 heavy (non-hydrogen) atoms. The first-order chi connectivity index (χ1) is 11.0. The Hall–Kier alpha value is -2.44. The normalized spacial score (nSPS) is 12.4. The van der Waals surface area contributed by atoms with Crippen LogP contribution in [0.1, 0.15) is 55.6 Å². The van der Waals surface area contributed by atoms with Gasteiger partial charge in [-0.3, -0.25) is 14.4 Å². The van der Waals surface area contributed by atoms with Crippen molar-refractivity contribution in [2.45, 2.75) is 40.2 Å². The Morgan fingerprint density at radius 1 is 1.12 bits per heavy atom. The zero-order valence-corrected chi connectivity index (χ0v) is 14.8. The third-order valence-electron chi connectivity index (χ3n) is 3.17. The summed E-state index contributed by atoms with van der Waals surface area (Å²) in [7, 11) is 1.49. The molecule has 1 rings (SSSR count). The first kappa shape index (κ1) is 19.6. The topological polar surface area (TPSA) is 91.7 Å². The number of carbonyl (C=O) groups excluding carboxylic acids is 4. The quantitative estimate of drug-likeness (QED) is 0.447. The number of esters is 2. The van der Waals surface area contributed by atoms with Crippen molar-refractivity contribution in [2.75, 3.05) is 6.61 Å². The average Bonchev–Trinajstić information content (AvgIpc) is 2.78. The smallest absolute Gasteiger partial charge is 0.354 e. The van der Waals surface area contributed by atoms with Gasteiger partial charge >= 0.3 is 11.9 Å². The second kappa shape index (κ2) is 7.42. The molecule has 0 bridgehead atoms. The predicted octanol–water partition coefficient (Wildman–Crippen LogP) is 1.93. The Bertz CT molecular complexity index is 665. The molecular formula is C17H23NO6. The van der Waals surface area contributed by atoms with E-state index in [0.717, 1.165) is 6.92 Å². The summed E-state index contributed by atoms with van der Waals surface area (Å²) in [5.74, 6) is -4.38. The van der Waals surface area contributed by atoms with Crippen molar-refractivity contribution in [3.63, 3.8) is 0 Å². The highest BCUT2D eigenvalue weighted by Gasteiger charge is 2.37. The van der Waals surface area contributed by atoms with Crippen molar-refractivity contribution in [1.82, 2.24) is 4.57 Å². The van der Waals surface area contributed by atoms with Crippen LogP contribution in [0.3, 0.4) is 0 Å². The van der Waals surface area contributed by atoms with E-state index < -0.39 is 35.0 Å². The van der Waals surface area contributed by atoms with E-state index >= 15 is 0 Å². The number of carbonyl (C=O) groups is 4. The maximum Gasteiger partial charge on any atom is 0.354 e. The largest absolute Gasteiger partial charge is 0.461 e. The van der Waals surface area contributed by atoms with Gasteiger partial charge in [0.15, 0.2) is 11.7 Å². The van der Waals surface area contributed by atoms with Crippen LogP contribution in [-0.4, -0.2) is 40.3 Å². The summed E-state index contributed by atoms with van der Waals surface area (Å²) in [5, 5.41) is 0. The molecule has 132 valence electrons. The maximum atomic E-state index is 12.6. The van der Waals surface area contributed by atoms with Crippen LogP contribution in [-0.2, 0) is 26.1 Å². The van der Waals surface area contributed by atoms with Gasteiger partial charge in [-0.05, 0) is 46.8 Å². The predicted molar refractivity (Wildman–Crippen MR) is 85.7 cm³/mol. The Kier molecular flexibility index (Phi) is 6.06. The van der Waals surface area contributed by atoms with E-state index in [2.05, 4.69) is 0 Å². The Morgan fingerprint density at radius 2 is 1.67 bits per heavy atom. The van der Waals surface area contributed by atoms with Crippen LogP contribution in [0.2, 0.25) is 0 Å². The summed E-state index contributed by atoms with van der Waals surface area (Å²) >= 11 is 0. The minimum atomic E-state index is -1.56. The highest BCUT2D eigenvalue weighted by Crippen LogP contribution is 2.18. The molecule has 0 aromatic carbocycles. The SMILES string of the molecule is CCOC(=O)c1ccc(C(=O)C(C(C)=O)C(=O)OC(C)(C)C)n1C. The van der Waals surface area contributed by atoms with E-state index in [1.54, 1.807) is 27.7 Å². The minimum Gasteiger partial charge on any atom is -0.461 e. The minimum absolute atomic E-state index is 0.0594. The molecule has 0 saturated heterocycles. The van der Waals surface area contributed by atoms with Crippen molar-refractivity contribution in [2.24, 2.45) is 13.0 Å². The molecule has 0 amide bonds. The van der Waals surface area contributed by atoms with Crippen molar-refractivity contribution in [3.05, 3.63) is 23.5 Å². The molecule has 0 spiro atoms. The standard InChI is InChI=1S/C17H23NO6/c1-7-23-15(21)12-9-8-11(18(12)6)14(20)13(10(2)19)16(22)24-17(3,4)5/h8-9,13H,7H2,1-6H3. The Labute approximate surface area is 140 Å². The molecule has 0 fully saturated rings. The number of hydrogen-bond acceptors (Lipinski definition) is 6. The third kappa shape index (κ3) is 4.53. The van der Waals surface area contributed by atoms with Crippen LogP contribution >= 0.6 is 0 Å². The van der Waals surface area contributed by atoms with E-state index in [1.165, 1.54) is 23.7 Å². The molecule has 7 heteroatoms. The number of ether oxygens (including phenoxy) is 2. The van der Waals surface area contributed by atoms with Gasteiger partial charge in [-0.2, -0.15) is 0 Å². The van der Waals surface area contributed by atoms with Gasteiger partial charge in [0.05, 0.1) is 12.3 Å². The fourth-order valence-electron chi connectivity index (χ4n) is 2.13. The molecule has 0 radical (unpaired) electrons. The van der Waals surface area contributed by atoms with Crippen LogP contribution in [0.15, 0.2) is 12.1 Å². The van der Waals surface area contributed by atoms with Gasteiger partial charge in [0, 0.05) is 7.05 Å². The molecule has 1 atom stereocenters. The Balaban J connectivity index is 3.16. The summed E-state index contributed by atoms with van der Waals surface area (Å²) in [6.45, 7) is 7.96. The van der Waals surface area contributed by atoms with Gasteiger partial charge in [0.2, 0.25) is 5.78 Å². The molecule has 7 nitrogen and oxygen atoms in total. The zero-order chi connectivity index (χ0) is 18.7. The van der Waals surface area contributed by atoms with Gasteiger partial charge in [-0.1, -0.05) is 0 Å². The zero-order valence-electron chi connectivity index (χ0n) is 14.8. The lowest BCUT2D eigenvalue weighted by molar-refractivity contribution is -0.159. The molecule has 1 unspecified atom stereocenters. The van der Waals surface area contributed by atoms with Gasteiger partial charge in [-0.25, -0.2) is 4.79 Å². The third-order valence-corrected chi connectivity index (χ3v) is 3.17. The van der Waals surface area contributed by atoms with Gasteiger partial charge in [-0.15, -0.1) is 0 Å². The fraction of sp³-hybridized carbons (Fsp3) is 0.529. The number of hydrogen-bond donors (Lipinski definition) is 0. The fourth-order valence-corrected chi connectivity index (χ4v) is 2.13. The van der Waals surface area contributed by atoms with Crippen molar-refractivity contribution < 1.29 is 28.7 Å². The lowest BCUT2D eigenvalue weighted by atomic mass is 9.97. The number of rotatable bonds is 6. The number of nitrogens with zero attached hydrogens (tertiary/aromatic N) is 1. The van der Waals surface area contributed by atoms with E-state index in [1.807, 2.05) is 0 Å². The molecule has 1 aromatic heterocycles. The van der Waals surface area contributed by atoms with Crippen LogP contribution in [0.5, 0.6) is 0 Å². The summed E-state index contributed by atoms with van der Waals surface area (Å²) in [6, 6.07) is 2.80. The summed E-state index contributed by atoms with van der Waals surface area (Å²) < 4.78 is 11.4. The van der Waals surface area contributed by atoms with Crippen LogP contribution in [0.25, 0.3) is 0 Å². The summed E-state index contributed by atoms with van der Waals surface area (Å²) in [4.78, 5) is 48.5. The molecule has 0 saturated carbocycles. The summed E-state index contributed by atoms with van der Waals surface area (Å²) in [5.41, 5.74) is -0.606. The number of Topliss-reactive ketones (excluding diaryl/α,β-unsaturated/α-hetero) is 2. The van der Waals surface area contributed by atoms with Crippen LogP contribution in [0.4, 0.5) is 0 Å². The second-order valence-electron chi connectivity index (χ2n) is 6.32.